The number of para-hydroxylation sites is 1. The summed E-state index contributed by atoms with van der Waals surface area (Å²) >= 11 is 0. The van der Waals surface area contributed by atoms with Crippen molar-refractivity contribution in [2.45, 2.75) is 40.0 Å². The number of ether oxygens (including phenoxy) is 1. The molecule has 0 amide bonds. The van der Waals surface area contributed by atoms with Crippen LogP contribution in [-0.4, -0.2) is 12.4 Å². The Morgan fingerprint density at radius 2 is 2.15 bits per heavy atom. The van der Waals surface area contributed by atoms with E-state index in [9.17, 15) is 9.18 Å². The molecule has 0 aliphatic rings. The van der Waals surface area contributed by atoms with Gasteiger partial charge in [0.1, 0.15) is 17.3 Å². The van der Waals surface area contributed by atoms with E-state index in [0.717, 1.165) is 12.8 Å². The minimum absolute atomic E-state index is 0.125. The number of hydrogen-bond donors (Lipinski definition) is 0. The van der Waals surface area contributed by atoms with Gasteiger partial charge in [-0.15, -0.1) is 0 Å². The van der Waals surface area contributed by atoms with Crippen molar-refractivity contribution >= 4 is 11.5 Å². The van der Waals surface area contributed by atoms with E-state index in [4.69, 9.17) is 11.3 Å². The smallest absolute Gasteiger partial charge is 0.262 e. The monoisotopic (exact) mass is 277 g/mol. The summed E-state index contributed by atoms with van der Waals surface area (Å²) in [5.41, 5.74) is -0.773. The zero-order valence-electron chi connectivity index (χ0n) is 12.2. The van der Waals surface area contributed by atoms with Crippen LogP contribution in [0.3, 0.4) is 0 Å². The maximum atomic E-state index is 13.4. The van der Waals surface area contributed by atoms with Crippen LogP contribution in [0.1, 0.15) is 40.0 Å². The van der Waals surface area contributed by atoms with Gasteiger partial charge in [0.2, 0.25) is 0 Å². The van der Waals surface area contributed by atoms with Crippen molar-refractivity contribution in [3.63, 3.8) is 0 Å². The molecule has 0 spiro atoms. The number of hydrogen-bond acceptors (Lipinski definition) is 2. The lowest BCUT2D eigenvalue weighted by molar-refractivity contribution is -0.128. The highest BCUT2D eigenvalue weighted by Gasteiger charge is 2.28. The van der Waals surface area contributed by atoms with Gasteiger partial charge in [-0.05, 0) is 32.4 Å². The summed E-state index contributed by atoms with van der Waals surface area (Å²) in [6, 6.07) is 4.26. The Morgan fingerprint density at radius 1 is 1.45 bits per heavy atom. The molecule has 0 heterocycles. The van der Waals surface area contributed by atoms with E-state index in [-0.39, 0.29) is 23.8 Å². The maximum absolute atomic E-state index is 13.4. The first-order valence-electron chi connectivity index (χ1n) is 6.74. The second-order valence-electron chi connectivity index (χ2n) is 5.40. The third kappa shape index (κ3) is 4.06. The molecule has 108 valence electrons. The highest BCUT2D eigenvalue weighted by Crippen LogP contribution is 2.32. The molecule has 0 unspecified atom stereocenters. The molecule has 0 aliphatic heterocycles. The van der Waals surface area contributed by atoms with Crippen LogP contribution < -0.4 is 4.74 Å². The van der Waals surface area contributed by atoms with Gasteiger partial charge in [-0.25, -0.2) is 9.24 Å². The van der Waals surface area contributed by atoms with Crippen molar-refractivity contribution < 1.29 is 13.9 Å². The Kier molecular flexibility index (Phi) is 5.69. The van der Waals surface area contributed by atoms with Crippen LogP contribution in [0.5, 0.6) is 5.75 Å². The van der Waals surface area contributed by atoms with Crippen LogP contribution >= 0.6 is 0 Å². The number of unbranched alkanes of at least 4 members (excludes halogenated alkanes) is 1. The summed E-state index contributed by atoms with van der Waals surface area (Å²) in [4.78, 5) is 15.2. The van der Waals surface area contributed by atoms with Crippen molar-refractivity contribution in [1.82, 2.24) is 0 Å². The SMILES string of the molecule is [C-]#[N+]c1c(F)cccc1OCC(C)(C)C(=O)CCCC. The largest absolute Gasteiger partial charge is 0.503 e. The van der Waals surface area contributed by atoms with E-state index in [0.29, 0.717) is 6.42 Å². The predicted molar refractivity (Wildman–Crippen MR) is 76.5 cm³/mol. The third-order valence-corrected chi connectivity index (χ3v) is 3.16. The van der Waals surface area contributed by atoms with Crippen molar-refractivity contribution in [2.75, 3.05) is 6.61 Å². The second-order valence-corrected chi connectivity index (χ2v) is 5.40. The highest BCUT2D eigenvalue weighted by atomic mass is 19.1. The fourth-order valence-corrected chi connectivity index (χ4v) is 1.73. The number of Topliss-reactive ketones (excluding diaryl/α,β-unsaturated/α-hetero) is 1. The molecular formula is C16H20FNO2. The van der Waals surface area contributed by atoms with Crippen molar-refractivity contribution in [1.29, 1.82) is 0 Å². The molecule has 3 nitrogen and oxygen atoms in total. The first kappa shape index (κ1) is 16.2. The minimum atomic E-state index is -0.638. The number of carbonyl (C=O) groups excluding carboxylic acids is 1. The van der Waals surface area contributed by atoms with Gasteiger partial charge < -0.3 is 4.74 Å². The van der Waals surface area contributed by atoms with E-state index in [2.05, 4.69) is 4.85 Å². The number of carbonyl (C=O) groups is 1. The van der Waals surface area contributed by atoms with Crippen molar-refractivity contribution in [2.24, 2.45) is 5.41 Å². The Labute approximate surface area is 119 Å². The van der Waals surface area contributed by atoms with Crippen molar-refractivity contribution in [3.05, 3.63) is 35.4 Å². The van der Waals surface area contributed by atoms with E-state index in [1.165, 1.54) is 12.1 Å². The van der Waals surface area contributed by atoms with Gasteiger partial charge in [0.15, 0.2) is 0 Å². The summed E-state index contributed by atoms with van der Waals surface area (Å²) < 4.78 is 18.9. The number of rotatable bonds is 7. The predicted octanol–water partition coefficient (Wildman–Crippen LogP) is 4.54. The Balaban J connectivity index is 2.74. The van der Waals surface area contributed by atoms with Crippen LogP contribution in [0.25, 0.3) is 4.85 Å². The lowest BCUT2D eigenvalue weighted by Gasteiger charge is -2.23. The van der Waals surface area contributed by atoms with E-state index in [1.807, 2.05) is 20.8 Å². The summed E-state index contributed by atoms with van der Waals surface area (Å²) in [6.45, 7) is 12.8. The molecule has 0 N–H and O–H groups in total. The normalized spacial score (nSPS) is 10.9. The standard InChI is InChI=1S/C16H20FNO2/c1-5-6-10-14(19)16(2,3)11-20-13-9-7-8-12(17)15(13)18-4/h7-9H,5-6,10-11H2,1-3H3. The Bertz CT molecular complexity index is 518. The fraction of sp³-hybridized carbons (Fsp3) is 0.500. The van der Waals surface area contributed by atoms with Crippen LogP contribution in [0, 0.1) is 17.8 Å². The summed E-state index contributed by atoms with van der Waals surface area (Å²) in [6.07, 6.45) is 2.34. The van der Waals surface area contributed by atoms with Crippen molar-refractivity contribution in [3.8, 4) is 5.75 Å². The van der Waals surface area contributed by atoms with Gasteiger partial charge in [0, 0.05) is 6.42 Å². The first-order valence-corrected chi connectivity index (χ1v) is 6.74. The Hall–Kier alpha value is -1.89. The van der Waals surface area contributed by atoms with E-state index >= 15 is 0 Å². The molecule has 0 bridgehead atoms. The Morgan fingerprint density at radius 3 is 2.75 bits per heavy atom. The molecule has 0 fully saturated rings. The van der Waals surface area contributed by atoms with E-state index in [1.54, 1.807) is 6.07 Å². The van der Waals surface area contributed by atoms with Gasteiger partial charge in [0.05, 0.1) is 18.6 Å². The number of benzene rings is 1. The van der Waals surface area contributed by atoms with Gasteiger partial charge >= 0.3 is 0 Å². The molecule has 0 aromatic heterocycles. The lowest BCUT2D eigenvalue weighted by Crippen LogP contribution is -2.31. The van der Waals surface area contributed by atoms with Crippen LogP contribution in [-0.2, 0) is 4.79 Å². The van der Waals surface area contributed by atoms with Crippen LogP contribution in [0.15, 0.2) is 18.2 Å². The fourth-order valence-electron chi connectivity index (χ4n) is 1.73. The quantitative estimate of drug-likeness (QED) is 0.685. The molecule has 0 saturated heterocycles. The second kappa shape index (κ2) is 7.04. The van der Waals surface area contributed by atoms with Gasteiger partial charge in [-0.3, -0.25) is 4.79 Å². The van der Waals surface area contributed by atoms with Gasteiger partial charge in [-0.2, -0.15) is 0 Å². The number of halogens is 1. The van der Waals surface area contributed by atoms with E-state index < -0.39 is 11.2 Å². The lowest BCUT2D eigenvalue weighted by atomic mass is 9.86. The molecule has 20 heavy (non-hydrogen) atoms. The molecular weight excluding hydrogens is 257 g/mol. The average molecular weight is 277 g/mol. The molecule has 4 heteroatoms. The number of nitrogens with zero attached hydrogens (tertiary/aromatic N) is 1. The zero-order valence-corrected chi connectivity index (χ0v) is 12.2. The first-order chi connectivity index (χ1) is 9.42. The molecule has 0 atom stereocenters. The molecule has 0 saturated carbocycles. The topological polar surface area (TPSA) is 30.7 Å². The third-order valence-electron chi connectivity index (χ3n) is 3.16. The molecule has 0 aliphatic carbocycles. The van der Waals surface area contributed by atoms with Crippen LogP contribution in [0.4, 0.5) is 10.1 Å². The summed E-state index contributed by atoms with van der Waals surface area (Å²) in [5.74, 6) is -0.288. The molecule has 1 aromatic carbocycles. The van der Waals surface area contributed by atoms with Gasteiger partial charge in [-0.1, -0.05) is 19.4 Å². The summed E-state index contributed by atoms with van der Waals surface area (Å²) in [5, 5.41) is 0. The maximum Gasteiger partial charge on any atom is 0.262 e. The molecule has 0 radical (unpaired) electrons. The molecule has 1 rings (SSSR count). The summed E-state index contributed by atoms with van der Waals surface area (Å²) in [7, 11) is 0. The minimum Gasteiger partial charge on any atom is -0.503 e. The van der Waals surface area contributed by atoms with Crippen LogP contribution in [0.2, 0.25) is 0 Å². The highest BCUT2D eigenvalue weighted by molar-refractivity contribution is 5.84. The zero-order chi connectivity index (χ0) is 15.2. The number of ketones is 1. The van der Waals surface area contributed by atoms with Gasteiger partial charge in [0.25, 0.3) is 5.69 Å². The average Bonchev–Trinajstić information content (AvgIpc) is 2.42. The molecule has 1 aromatic rings.